The zero-order valence-electron chi connectivity index (χ0n) is 13.9. The smallest absolute Gasteiger partial charge is 0.243 e. The van der Waals surface area contributed by atoms with Gasteiger partial charge in [-0.1, -0.05) is 18.6 Å². The third-order valence-electron chi connectivity index (χ3n) is 3.86. The summed E-state index contributed by atoms with van der Waals surface area (Å²) < 4.78 is 0. The number of aromatic nitrogens is 1. The molecule has 2 aromatic rings. The maximum absolute atomic E-state index is 12.2. The number of carbonyl (C=O) groups excluding carboxylic acids is 2. The van der Waals surface area contributed by atoms with Crippen molar-refractivity contribution < 1.29 is 9.59 Å². The predicted molar refractivity (Wildman–Crippen MR) is 103 cm³/mol. The molecule has 6 nitrogen and oxygen atoms in total. The quantitative estimate of drug-likeness (QED) is 0.760. The number of benzene rings is 1. The average molecular weight is 381 g/mol. The molecule has 1 fully saturated rings. The molecule has 0 spiro atoms. The summed E-state index contributed by atoms with van der Waals surface area (Å²) in [5.74, 6) is -0.116. The number of anilines is 2. The molecule has 2 heterocycles. The van der Waals surface area contributed by atoms with E-state index in [1.54, 1.807) is 0 Å². The van der Waals surface area contributed by atoms with Crippen LogP contribution in [0.2, 0.25) is 0 Å². The Bertz CT molecular complexity index is 727. The van der Waals surface area contributed by atoms with E-state index in [1.165, 1.54) is 18.3 Å². The van der Waals surface area contributed by atoms with Gasteiger partial charge in [0.15, 0.2) is 5.13 Å². The Labute approximate surface area is 156 Å². The van der Waals surface area contributed by atoms with Gasteiger partial charge >= 0.3 is 0 Å². The molecule has 1 atom stereocenters. The van der Waals surface area contributed by atoms with Gasteiger partial charge in [0.25, 0.3) is 0 Å². The summed E-state index contributed by atoms with van der Waals surface area (Å²) in [5, 5.41) is 11.4. The van der Waals surface area contributed by atoms with Gasteiger partial charge in [0.05, 0.1) is 11.7 Å². The summed E-state index contributed by atoms with van der Waals surface area (Å²) in [5.41, 5.74) is 2.50. The molecule has 1 unspecified atom stereocenters. The van der Waals surface area contributed by atoms with Crippen LogP contribution in [0.4, 0.5) is 10.8 Å². The Hall–Kier alpha value is -1.96. The highest BCUT2D eigenvalue weighted by Crippen LogP contribution is 2.26. The summed E-state index contributed by atoms with van der Waals surface area (Å²) in [6.45, 7) is 2.37. The summed E-state index contributed by atoms with van der Waals surface area (Å²) >= 11 is 1.41. The lowest BCUT2D eigenvalue weighted by molar-refractivity contribution is -0.118. The number of piperidine rings is 1. The molecule has 1 aromatic heterocycles. The van der Waals surface area contributed by atoms with E-state index in [-0.39, 0.29) is 30.3 Å². The molecule has 0 radical (unpaired) electrons. The van der Waals surface area contributed by atoms with Gasteiger partial charge in [0.1, 0.15) is 0 Å². The number of nitrogens with zero attached hydrogens (tertiary/aromatic N) is 1. The highest BCUT2D eigenvalue weighted by Gasteiger charge is 2.21. The topological polar surface area (TPSA) is 83.1 Å². The van der Waals surface area contributed by atoms with Crippen molar-refractivity contribution in [3.63, 3.8) is 0 Å². The van der Waals surface area contributed by atoms with Gasteiger partial charge in [-0.2, -0.15) is 0 Å². The minimum absolute atomic E-state index is 0. The number of rotatable bonds is 4. The first kappa shape index (κ1) is 19.4. The van der Waals surface area contributed by atoms with Crippen LogP contribution in [0.5, 0.6) is 0 Å². The largest absolute Gasteiger partial charge is 0.326 e. The standard InChI is InChI=1S/C17H20N4O2S.ClH/c1-11(22)19-13-7-5-12(6-8-13)15-10-24-17(20-15)21-16(23)14-4-2-3-9-18-14;/h5-8,10,14,18H,2-4,9H2,1H3,(H,19,22)(H,20,21,23);1H. The molecule has 8 heteroatoms. The van der Waals surface area contributed by atoms with Crippen molar-refractivity contribution in [2.75, 3.05) is 17.2 Å². The predicted octanol–water partition coefficient (Wildman–Crippen LogP) is 3.27. The van der Waals surface area contributed by atoms with Gasteiger partial charge in [-0.3, -0.25) is 9.59 Å². The van der Waals surface area contributed by atoms with Crippen LogP contribution in [0.15, 0.2) is 29.6 Å². The van der Waals surface area contributed by atoms with Crippen molar-refractivity contribution in [2.45, 2.75) is 32.2 Å². The normalized spacial score (nSPS) is 16.6. The van der Waals surface area contributed by atoms with Crippen LogP contribution in [-0.2, 0) is 9.59 Å². The maximum atomic E-state index is 12.2. The van der Waals surface area contributed by atoms with E-state index in [0.717, 1.165) is 42.8 Å². The molecule has 1 aromatic carbocycles. The van der Waals surface area contributed by atoms with Crippen LogP contribution in [0.3, 0.4) is 0 Å². The molecule has 1 saturated heterocycles. The second kappa shape index (κ2) is 8.94. The average Bonchev–Trinajstić information content (AvgIpc) is 3.04. The van der Waals surface area contributed by atoms with E-state index in [1.807, 2.05) is 29.6 Å². The molecule has 134 valence electrons. The Morgan fingerprint density at radius 3 is 2.60 bits per heavy atom. The summed E-state index contributed by atoms with van der Waals surface area (Å²) in [6, 6.07) is 7.34. The summed E-state index contributed by atoms with van der Waals surface area (Å²) in [7, 11) is 0. The minimum Gasteiger partial charge on any atom is -0.326 e. The lowest BCUT2D eigenvalue weighted by Crippen LogP contribution is -2.43. The van der Waals surface area contributed by atoms with Gasteiger partial charge in [0.2, 0.25) is 11.8 Å². The second-order valence-corrected chi connectivity index (χ2v) is 6.65. The molecule has 0 aliphatic carbocycles. The Balaban J connectivity index is 0.00000225. The third kappa shape index (κ3) is 5.26. The number of hydrogen-bond acceptors (Lipinski definition) is 5. The molecule has 2 amide bonds. The first-order chi connectivity index (χ1) is 11.6. The van der Waals surface area contributed by atoms with E-state index >= 15 is 0 Å². The van der Waals surface area contributed by atoms with Crippen LogP contribution >= 0.6 is 23.7 Å². The molecule has 3 N–H and O–H groups in total. The van der Waals surface area contributed by atoms with Crippen LogP contribution < -0.4 is 16.0 Å². The van der Waals surface area contributed by atoms with E-state index in [9.17, 15) is 9.59 Å². The zero-order chi connectivity index (χ0) is 16.9. The van der Waals surface area contributed by atoms with Crippen LogP contribution in [0.25, 0.3) is 11.3 Å². The number of halogens is 1. The number of nitrogens with one attached hydrogen (secondary N) is 3. The number of hydrogen-bond donors (Lipinski definition) is 3. The first-order valence-electron chi connectivity index (χ1n) is 7.99. The van der Waals surface area contributed by atoms with Gasteiger partial charge in [0, 0.05) is 23.6 Å². The van der Waals surface area contributed by atoms with Crippen LogP contribution in [0, 0.1) is 0 Å². The fraction of sp³-hybridized carbons (Fsp3) is 0.353. The van der Waals surface area contributed by atoms with Crippen molar-refractivity contribution in [1.29, 1.82) is 0 Å². The van der Waals surface area contributed by atoms with E-state index in [0.29, 0.717) is 5.13 Å². The van der Waals surface area contributed by atoms with Gasteiger partial charge in [-0.05, 0) is 31.5 Å². The monoisotopic (exact) mass is 380 g/mol. The van der Waals surface area contributed by atoms with E-state index < -0.39 is 0 Å². The molecular weight excluding hydrogens is 360 g/mol. The highest BCUT2D eigenvalue weighted by molar-refractivity contribution is 7.14. The number of carbonyl (C=O) groups is 2. The molecule has 0 saturated carbocycles. The van der Waals surface area contributed by atoms with Crippen molar-refractivity contribution in [3.05, 3.63) is 29.6 Å². The van der Waals surface area contributed by atoms with Crippen molar-refractivity contribution >= 4 is 46.4 Å². The van der Waals surface area contributed by atoms with Gasteiger partial charge in [-0.15, -0.1) is 23.7 Å². The zero-order valence-corrected chi connectivity index (χ0v) is 15.5. The second-order valence-electron chi connectivity index (χ2n) is 5.79. The maximum Gasteiger partial charge on any atom is 0.243 e. The fourth-order valence-electron chi connectivity index (χ4n) is 2.66. The summed E-state index contributed by atoms with van der Waals surface area (Å²) in [4.78, 5) is 27.7. The summed E-state index contributed by atoms with van der Waals surface area (Å²) in [6.07, 6.45) is 3.07. The van der Waals surface area contributed by atoms with Crippen LogP contribution in [0.1, 0.15) is 26.2 Å². The van der Waals surface area contributed by atoms with Crippen molar-refractivity contribution in [1.82, 2.24) is 10.3 Å². The SMILES string of the molecule is CC(=O)Nc1ccc(-c2csc(NC(=O)C3CCCCN3)n2)cc1.Cl. The van der Waals surface area contributed by atoms with Gasteiger partial charge in [-0.25, -0.2) is 4.98 Å². The molecule has 1 aliphatic rings. The fourth-order valence-corrected chi connectivity index (χ4v) is 3.38. The molecule has 25 heavy (non-hydrogen) atoms. The Morgan fingerprint density at radius 1 is 1.20 bits per heavy atom. The van der Waals surface area contributed by atoms with E-state index in [4.69, 9.17) is 0 Å². The lowest BCUT2D eigenvalue weighted by atomic mass is 10.0. The van der Waals surface area contributed by atoms with Gasteiger partial charge < -0.3 is 16.0 Å². The third-order valence-corrected chi connectivity index (χ3v) is 4.62. The van der Waals surface area contributed by atoms with Crippen molar-refractivity contribution in [3.8, 4) is 11.3 Å². The van der Waals surface area contributed by atoms with Crippen molar-refractivity contribution in [2.24, 2.45) is 0 Å². The highest BCUT2D eigenvalue weighted by atomic mass is 35.5. The molecule has 0 bridgehead atoms. The minimum atomic E-state index is -0.122. The molecule has 1 aliphatic heterocycles. The molecular formula is C17H21ClN4O2S. The Kier molecular flexibility index (Phi) is 6.92. The number of thiazole rings is 1. The van der Waals surface area contributed by atoms with E-state index in [2.05, 4.69) is 20.9 Å². The Morgan fingerprint density at radius 2 is 1.96 bits per heavy atom. The molecule has 3 rings (SSSR count). The van der Waals surface area contributed by atoms with Crippen LogP contribution in [-0.4, -0.2) is 29.4 Å². The first-order valence-corrected chi connectivity index (χ1v) is 8.87. The number of amides is 2. The lowest BCUT2D eigenvalue weighted by Gasteiger charge is -2.21.